The number of nitrogens with one attached hydrogen (secondary N) is 2. The van der Waals surface area contributed by atoms with E-state index in [9.17, 15) is 9.59 Å². The van der Waals surface area contributed by atoms with Crippen molar-refractivity contribution in [2.24, 2.45) is 0 Å². The summed E-state index contributed by atoms with van der Waals surface area (Å²) in [7, 11) is 0. The molecule has 0 spiro atoms. The monoisotopic (exact) mass is 404 g/mol. The van der Waals surface area contributed by atoms with Gasteiger partial charge in [-0.3, -0.25) is 14.3 Å². The third-order valence-corrected chi connectivity index (χ3v) is 4.81. The molecule has 2 N–H and O–H groups in total. The minimum absolute atomic E-state index is 0.196. The molecule has 0 saturated heterocycles. The SMILES string of the molecule is CCCNC(=O)[C@H](C)NC(=O)c1cn(Cc2ccccc2)nc1-c1ccc(C)cc1. The molecule has 0 fully saturated rings. The van der Waals surface area contributed by atoms with Gasteiger partial charge in [-0.2, -0.15) is 5.10 Å². The second-order valence-electron chi connectivity index (χ2n) is 7.43. The smallest absolute Gasteiger partial charge is 0.255 e. The van der Waals surface area contributed by atoms with Crippen LogP contribution in [0.3, 0.4) is 0 Å². The molecule has 2 aromatic carbocycles. The van der Waals surface area contributed by atoms with Crippen LogP contribution in [0.25, 0.3) is 11.3 Å². The maximum absolute atomic E-state index is 13.0. The number of aromatic nitrogens is 2. The first-order valence-electron chi connectivity index (χ1n) is 10.2. The summed E-state index contributed by atoms with van der Waals surface area (Å²) in [4.78, 5) is 25.2. The van der Waals surface area contributed by atoms with Crippen molar-refractivity contribution in [1.29, 1.82) is 0 Å². The van der Waals surface area contributed by atoms with Gasteiger partial charge in [0.05, 0.1) is 12.1 Å². The van der Waals surface area contributed by atoms with Crippen LogP contribution in [-0.4, -0.2) is 34.2 Å². The Bertz CT molecular complexity index is 994. The van der Waals surface area contributed by atoms with Crippen molar-refractivity contribution in [2.75, 3.05) is 6.54 Å². The molecule has 156 valence electrons. The molecule has 0 saturated carbocycles. The van der Waals surface area contributed by atoms with Crippen LogP contribution < -0.4 is 10.6 Å². The average Bonchev–Trinajstić information content (AvgIpc) is 3.17. The Kier molecular flexibility index (Phi) is 7.01. The molecular formula is C24H28N4O2. The van der Waals surface area contributed by atoms with E-state index >= 15 is 0 Å². The topological polar surface area (TPSA) is 76.0 Å². The molecule has 30 heavy (non-hydrogen) atoms. The molecule has 0 aliphatic rings. The summed E-state index contributed by atoms with van der Waals surface area (Å²) in [6.07, 6.45) is 2.59. The zero-order valence-corrected chi connectivity index (χ0v) is 17.7. The van der Waals surface area contributed by atoms with Gasteiger partial charge in [0.25, 0.3) is 5.91 Å². The van der Waals surface area contributed by atoms with Gasteiger partial charge in [0.1, 0.15) is 11.7 Å². The van der Waals surface area contributed by atoms with Gasteiger partial charge in [0, 0.05) is 18.3 Å². The number of carbonyl (C=O) groups excluding carboxylic acids is 2. The fourth-order valence-corrected chi connectivity index (χ4v) is 3.10. The van der Waals surface area contributed by atoms with Gasteiger partial charge in [-0.15, -0.1) is 0 Å². The van der Waals surface area contributed by atoms with Crippen molar-refractivity contribution in [2.45, 2.75) is 39.8 Å². The molecule has 2 amide bonds. The third-order valence-electron chi connectivity index (χ3n) is 4.81. The van der Waals surface area contributed by atoms with Crippen LogP contribution in [0.15, 0.2) is 60.8 Å². The maximum Gasteiger partial charge on any atom is 0.255 e. The summed E-state index contributed by atoms with van der Waals surface area (Å²) in [5.74, 6) is -0.511. The highest BCUT2D eigenvalue weighted by molar-refractivity contribution is 6.01. The molecular weight excluding hydrogens is 376 g/mol. The Hall–Kier alpha value is -3.41. The number of aryl methyl sites for hydroxylation is 1. The summed E-state index contributed by atoms with van der Waals surface area (Å²) in [6, 6.07) is 17.2. The van der Waals surface area contributed by atoms with Gasteiger partial charge < -0.3 is 10.6 Å². The Morgan fingerprint density at radius 3 is 2.43 bits per heavy atom. The summed E-state index contributed by atoms with van der Waals surface area (Å²) in [6.45, 7) is 6.82. The number of benzene rings is 2. The van der Waals surface area contributed by atoms with Crippen molar-refractivity contribution >= 4 is 11.8 Å². The van der Waals surface area contributed by atoms with E-state index in [2.05, 4.69) is 15.7 Å². The van der Waals surface area contributed by atoms with Crippen molar-refractivity contribution < 1.29 is 9.59 Å². The first kappa shape index (κ1) is 21.3. The van der Waals surface area contributed by atoms with E-state index in [1.54, 1.807) is 17.8 Å². The number of hydrogen-bond acceptors (Lipinski definition) is 3. The fraction of sp³-hybridized carbons (Fsp3) is 0.292. The summed E-state index contributed by atoms with van der Waals surface area (Å²) in [5.41, 5.74) is 4.14. The molecule has 0 aliphatic heterocycles. The zero-order chi connectivity index (χ0) is 21.5. The van der Waals surface area contributed by atoms with E-state index in [1.165, 1.54) is 0 Å². The molecule has 0 bridgehead atoms. The van der Waals surface area contributed by atoms with Gasteiger partial charge in [0.2, 0.25) is 5.91 Å². The minimum Gasteiger partial charge on any atom is -0.354 e. The van der Waals surface area contributed by atoms with Crippen molar-refractivity contribution in [3.05, 3.63) is 77.5 Å². The van der Waals surface area contributed by atoms with Crippen LogP contribution in [0.4, 0.5) is 0 Å². The molecule has 6 heteroatoms. The van der Waals surface area contributed by atoms with Gasteiger partial charge >= 0.3 is 0 Å². The minimum atomic E-state index is -0.632. The van der Waals surface area contributed by atoms with Crippen LogP contribution in [0.2, 0.25) is 0 Å². The Morgan fingerprint density at radius 2 is 1.77 bits per heavy atom. The lowest BCUT2D eigenvalue weighted by Gasteiger charge is -2.13. The quantitative estimate of drug-likeness (QED) is 0.603. The predicted octanol–water partition coefficient (Wildman–Crippen LogP) is 3.55. The van der Waals surface area contributed by atoms with E-state index in [-0.39, 0.29) is 11.8 Å². The number of hydrogen-bond donors (Lipinski definition) is 2. The Balaban J connectivity index is 1.87. The van der Waals surface area contributed by atoms with Crippen molar-refractivity contribution in [3.8, 4) is 11.3 Å². The van der Waals surface area contributed by atoms with E-state index < -0.39 is 6.04 Å². The van der Waals surface area contributed by atoms with Crippen molar-refractivity contribution in [3.63, 3.8) is 0 Å². The van der Waals surface area contributed by atoms with Gasteiger partial charge in [-0.05, 0) is 25.8 Å². The Morgan fingerprint density at radius 1 is 1.07 bits per heavy atom. The largest absolute Gasteiger partial charge is 0.354 e. The highest BCUT2D eigenvalue weighted by Gasteiger charge is 2.22. The molecule has 1 heterocycles. The van der Waals surface area contributed by atoms with Crippen LogP contribution >= 0.6 is 0 Å². The lowest BCUT2D eigenvalue weighted by molar-refractivity contribution is -0.122. The van der Waals surface area contributed by atoms with E-state index in [0.717, 1.165) is 23.1 Å². The first-order valence-corrected chi connectivity index (χ1v) is 10.2. The van der Waals surface area contributed by atoms with E-state index in [0.29, 0.717) is 24.3 Å². The van der Waals surface area contributed by atoms with Gasteiger partial charge in [-0.25, -0.2) is 0 Å². The molecule has 1 atom stereocenters. The lowest BCUT2D eigenvalue weighted by atomic mass is 10.1. The lowest BCUT2D eigenvalue weighted by Crippen LogP contribution is -2.45. The van der Waals surface area contributed by atoms with Crippen molar-refractivity contribution in [1.82, 2.24) is 20.4 Å². The van der Waals surface area contributed by atoms with Crippen LogP contribution in [-0.2, 0) is 11.3 Å². The average molecular weight is 405 g/mol. The molecule has 0 unspecified atom stereocenters. The fourth-order valence-electron chi connectivity index (χ4n) is 3.10. The summed E-state index contributed by atoms with van der Waals surface area (Å²) >= 11 is 0. The highest BCUT2D eigenvalue weighted by Crippen LogP contribution is 2.23. The second kappa shape index (κ2) is 9.87. The zero-order valence-electron chi connectivity index (χ0n) is 17.7. The van der Waals surface area contributed by atoms with Crippen LogP contribution in [0.5, 0.6) is 0 Å². The van der Waals surface area contributed by atoms with E-state index in [1.807, 2.05) is 68.4 Å². The third kappa shape index (κ3) is 5.35. The maximum atomic E-state index is 13.0. The summed E-state index contributed by atoms with van der Waals surface area (Å²) in [5, 5.41) is 10.3. The number of amides is 2. The van der Waals surface area contributed by atoms with Gasteiger partial charge in [-0.1, -0.05) is 67.1 Å². The van der Waals surface area contributed by atoms with Crippen LogP contribution in [0, 0.1) is 6.92 Å². The van der Waals surface area contributed by atoms with Crippen LogP contribution in [0.1, 0.15) is 41.8 Å². The van der Waals surface area contributed by atoms with E-state index in [4.69, 9.17) is 0 Å². The molecule has 0 aliphatic carbocycles. The van der Waals surface area contributed by atoms with Gasteiger partial charge in [0.15, 0.2) is 0 Å². The molecule has 3 aromatic rings. The Labute approximate surface area is 177 Å². The molecule has 3 rings (SSSR count). The first-order chi connectivity index (χ1) is 14.5. The second-order valence-corrected chi connectivity index (χ2v) is 7.43. The normalized spacial score (nSPS) is 11.7. The number of nitrogens with zero attached hydrogens (tertiary/aromatic N) is 2. The predicted molar refractivity (Wildman–Crippen MR) is 118 cm³/mol. The standard InChI is InChI=1S/C24H28N4O2/c1-4-14-25-23(29)18(3)26-24(30)21-16-28(15-19-8-6-5-7-9-19)27-22(21)20-12-10-17(2)11-13-20/h5-13,16,18H,4,14-15H2,1-3H3,(H,25,29)(H,26,30)/t18-/m0/s1. The number of rotatable bonds is 8. The highest BCUT2D eigenvalue weighted by atomic mass is 16.2. The summed E-state index contributed by atoms with van der Waals surface area (Å²) < 4.78 is 1.77. The number of carbonyl (C=O) groups is 2. The molecule has 1 aromatic heterocycles. The molecule has 0 radical (unpaired) electrons. The molecule has 6 nitrogen and oxygen atoms in total.